The van der Waals surface area contributed by atoms with Crippen molar-refractivity contribution in [1.29, 1.82) is 0 Å². The van der Waals surface area contributed by atoms with E-state index >= 15 is 0 Å². The first-order valence-corrected chi connectivity index (χ1v) is 10.4. The lowest BCUT2D eigenvalue weighted by molar-refractivity contribution is -0.125. The maximum absolute atomic E-state index is 12.8. The van der Waals surface area contributed by atoms with Gasteiger partial charge in [0.2, 0.25) is 5.91 Å². The van der Waals surface area contributed by atoms with Crippen LogP contribution < -0.4 is 10.9 Å². The zero-order chi connectivity index (χ0) is 21.3. The molecule has 1 amide bonds. The van der Waals surface area contributed by atoms with Gasteiger partial charge in [-0.2, -0.15) is 5.10 Å². The van der Waals surface area contributed by atoms with Crippen LogP contribution in [-0.2, 0) is 31.2 Å². The molecule has 156 valence electrons. The lowest BCUT2D eigenvalue weighted by atomic mass is 9.98. The standard InChI is InChI=1S/C23H27N5O2/c1-14-19(15(2)28(3)27-14)13-24-22(29)17-9-11-18-20(12-10-17)25-21(26-23(18)30)16-7-5-4-6-8-16/h4-8,17H,9-13H2,1-3H3,(H,24,29)(H,25,26,30). The normalized spacial score (nSPS) is 16.0. The Balaban J connectivity index is 1.47. The highest BCUT2D eigenvalue weighted by Gasteiger charge is 2.25. The molecule has 4 rings (SSSR count). The van der Waals surface area contributed by atoms with Crippen LogP contribution in [0.1, 0.15) is 41.1 Å². The fourth-order valence-corrected chi connectivity index (χ4v) is 4.17. The average Bonchev–Trinajstić information content (AvgIpc) is 2.89. The molecule has 30 heavy (non-hydrogen) atoms. The van der Waals surface area contributed by atoms with Crippen LogP contribution in [0.25, 0.3) is 11.4 Å². The van der Waals surface area contributed by atoms with Gasteiger partial charge >= 0.3 is 0 Å². The number of fused-ring (bicyclic) bond motifs is 1. The number of aryl methyl sites for hydroxylation is 3. The van der Waals surface area contributed by atoms with Crippen molar-refractivity contribution in [2.24, 2.45) is 13.0 Å². The second-order valence-electron chi connectivity index (χ2n) is 7.97. The molecule has 0 saturated heterocycles. The molecule has 1 aliphatic carbocycles. The van der Waals surface area contributed by atoms with Gasteiger partial charge in [-0.15, -0.1) is 0 Å². The smallest absolute Gasteiger partial charge is 0.254 e. The van der Waals surface area contributed by atoms with Gasteiger partial charge in [-0.3, -0.25) is 14.3 Å². The van der Waals surface area contributed by atoms with E-state index in [9.17, 15) is 9.59 Å². The minimum atomic E-state index is -0.129. The van der Waals surface area contributed by atoms with Crippen molar-refractivity contribution in [3.05, 3.63) is 68.9 Å². The van der Waals surface area contributed by atoms with E-state index in [0.29, 0.717) is 43.6 Å². The second kappa shape index (κ2) is 8.26. The van der Waals surface area contributed by atoms with Crippen LogP contribution in [0.2, 0.25) is 0 Å². The Morgan fingerprint density at radius 3 is 2.63 bits per heavy atom. The minimum absolute atomic E-state index is 0.0326. The molecule has 0 aliphatic heterocycles. The van der Waals surface area contributed by atoms with Crippen molar-refractivity contribution >= 4 is 5.91 Å². The number of hydrogen-bond acceptors (Lipinski definition) is 4. The van der Waals surface area contributed by atoms with Gasteiger partial charge in [0, 0.05) is 41.9 Å². The highest BCUT2D eigenvalue weighted by atomic mass is 16.2. The lowest BCUT2D eigenvalue weighted by Crippen LogP contribution is -2.31. The summed E-state index contributed by atoms with van der Waals surface area (Å²) in [4.78, 5) is 33.1. The highest BCUT2D eigenvalue weighted by Crippen LogP contribution is 2.24. The maximum atomic E-state index is 12.8. The Hall–Kier alpha value is -3.22. The van der Waals surface area contributed by atoms with Crippen LogP contribution in [0.5, 0.6) is 0 Å². The fourth-order valence-electron chi connectivity index (χ4n) is 4.17. The monoisotopic (exact) mass is 405 g/mol. The zero-order valence-electron chi connectivity index (χ0n) is 17.7. The van der Waals surface area contributed by atoms with E-state index in [0.717, 1.165) is 28.2 Å². The van der Waals surface area contributed by atoms with Crippen molar-refractivity contribution in [3.8, 4) is 11.4 Å². The molecule has 0 fully saturated rings. The summed E-state index contributed by atoms with van der Waals surface area (Å²) in [5.74, 6) is 0.492. The van der Waals surface area contributed by atoms with Crippen molar-refractivity contribution in [3.63, 3.8) is 0 Å². The summed E-state index contributed by atoms with van der Waals surface area (Å²) in [6, 6.07) is 9.64. The Kier molecular flexibility index (Phi) is 5.53. The predicted octanol–water partition coefficient (Wildman–Crippen LogP) is 2.60. The Morgan fingerprint density at radius 2 is 1.93 bits per heavy atom. The largest absolute Gasteiger partial charge is 0.352 e. The van der Waals surface area contributed by atoms with Crippen LogP contribution in [0.15, 0.2) is 35.1 Å². The number of amides is 1. The van der Waals surface area contributed by atoms with E-state index in [4.69, 9.17) is 4.98 Å². The van der Waals surface area contributed by atoms with Gasteiger partial charge in [-0.1, -0.05) is 30.3 Å². The molecular weight excluding hydrogens is 378 g/mol. The third-order valence-corrected chi connectivity index (χ3v) is 6.09. The van der Waals surface area contributed by atoms with Crippen LogP contribution in [0, 0.1) is 19.8 Å². The summed E-state index contributed by atoms with van der Waals surface area (Å²) in [6.45, 7) is 4.44. The number of benzene rings is 1. The SMILES string of the molecule is Cc1nn(C)c(C)c1CNC(=O)C1CCc2nc(-c3ccccc3)[nH]c(=O)c2CC1. The van der Waals surface area contributed by atoms with E-state index in [2.05, 4.69) is 15.4 Å². The van der Waals surface area contributed by atoms with Crippen molar-refractivity contribution in [1.82, 2.24) is 25.1 Å². The molecule has 2 heterocycles. The number of hydrogen-bond donors (Lipinski definition) is 2. The molecule has 2 N–H and O–H groups in total. The Bertz CT molecular complexity index is 1130. The first-order chi connectivity index (χ1) is 14.4. The predicted molar refractivity (Wildman–Crippen MR) is 115 cm³/mol. The van der Waals surface area contributed by atoms with Crippen molar-refractivity contribution in [2.45, 2.75) is 46.1 Å². The van der Waals surface area contributed by atoms with E-state index in [1.165, 1.54) is 0 Å². The topological polar surface area (TPSA) is 92.7 Å². The Morgan fingerprint density at radius 1 is 1.20 bits per heavy atom. The van der Waals surface area contributed by atoms with E-state index in [1.807, 2.05) is 55.9 Å². The van der Waals surface area contributed by atoms with Crippen molar-refractivity contribution in [2.75, 3.05) is 0 Å². The first-order valence-electron chi connectivity index (χ1n) is 10.4. The summed E-state index contributed by atoms with van der Waals surface area (Å²) in [7, 11) is 1.91. The minimum Gasteiger partial charge on any atom is -0.352 e. The van der Waals surface area contributed by atoms with Gasteiger partial charge < -0.3 is 10.3 Å². The molecule has 0 bridgehead atoms. The van der Waals surface area contributed by atoms with Gasteiger partial charge in [0.15, 0.2) is 0 Å². The molecule has 0 spiro atoms. The van der Waals surface area contributed by atoms with E-state index < -0.39 is 0 Å². The number of carbonyl (C=O) groups excluding carboxylic acids is 1. The number of aromatic amines is 1. The zero-order valence-corrected chi connectivity index (χ0v) is 17.7. The quantitative estimate of drug-likeness (QED) is 0.653. The molecule has 1 atom stereocenters. The van der Waals surface area contributed by atoms with Gasteiger partial charge in [-0.25, -0.2) is 4.98 Å². The number of rotatable bonds is 4. The van der Waals surface area contributed by atoms with E-state index in [-0.39, 0.29) is 17.4 Å². The molecule has 3 aromatic rings. The molecule has 1 aromatic carbocycles. The third kappa shape index (κ3) is 3.92. The first kappa shape index (κ1) is 20.1. The molecule has 7 nitrogen and oxygen atoms in total. The van der Waals surface area contributed by atoms with Crippen LogP contribution in [0.3, 0.4) is 0 Å². The van der Waals surface area contributed by atoms with Crippen LogP contribution >= 0.6 is 0 Å². The molecule has 0 radical (unpaired) electrons. The maximum Gasteiger partial charge on any atom is 0.254 e. The van der Waals surface area contributed by atoms with Gasteiger partial charge in [-0.05, 0) is 39.5 Å². The molecule has 1 unspecified atom stereocenters. The molecule has 2 aromatic heterocycles. The van der Waals surface area contributed by atoms with E-state index in [1.54, 1.807) is 0 Å². The summed E-state index contributed by atoms with van der Waals surface area (Å²) < 4.78 is 1.83. The molecule has 0 saturated carbocycles. The molecular formula is C23H27N5O2. The number of H-pyrrole nitrogens is 1. The Labute approximate surface area is 175 Å². The van der Waals surface area contributed by atoms with Crippen molar-refractivity contribution < 1.29 is 4.79 Å². The fraction of sp³-hybridized carbons (Fsp3) is 0.391. The van der Waals surface area contributed by atoms with Gasteiger partial charge in [0.25, 0.3) is 5.56 Å². The van der Waals surface area contributed by atoms with Gasteiger partial charge in [0.05, 0.1) is 11.4 Å². The van der Waals surface area contributed by atoms with Crippen LogP contribution in [0.4, 0.5) is 0 Å². The summed E-state index contributed by atoms with van der Waals surface area (Å²) in [5, 5.41) is 7.48. The lowest BCUT2D eigenvalue weighted by Gasteiger charge is -2.14. The third-order valence-electron chi connectivity index (χ3n) is 6.09. The number of nitrogens with one attached hydrogen (secondary N) is 2. The second-order valence-corrected chi connectivity index (χ2v) is 7.97. The number of nitrogens with zero attached hydrogens (tertiary/aromatic N) is 3. The summed E-state index contributed by atoms with van der Waals surface area (Å²) in [5.41, 5.74) is 5.38. The average molecular weight is 406 g/mol. The highest BCUT2D eigenvalue weighted by molar-refractivity contribution is 5.78. The number of aromatic nitrogens is 4. The summed E-state index contributed by atoms with van der Waals surface area (Å²) >= 11 is 0. The molecule has 1 aliphatic rings. The van der Waals surface area contributed by atoms with Crippen LogP contribution in [-0.4, -0.2) is 25.7 Å². The summed E-state index contributed by atoms with van der Waals surface area (Å²) in [6.07, 6.45) is 2.53. The number of carbonyl (C=O) groups is 1. The van der Waals surface area contributed by atoms with Gasteiger partial charge in [0.1, 0.15) is 5.82 Å². The molecule has 7 heteroatoms.